The maximum Gasteiger partial charge on any atom is 0.157 e. The van der Waals surface area contributed by atoms with Crippen molar-refractivity contribution in [3.63, 3.8) is 0 Å². The Labute approximate surface area is 124 Å². The molecule has 2 aromatic rings. The fraction of sp³-hybridized carbons (Fsp3) is 0.533. The smallest absolute Gasteiger partial charge is 0.157 e. The molecule has 0 aliphatic heterocycles. The standard InChI is InChI=1S/C15H19ClN4/c1-4-6-7-11(5-2)15-18-14-8-13(16)12(9-17)10(3)20(14)19-15/h8,11H,4-7H2,1-3H3. The van der Waals surface area contributed by atoms with Crippen LogP contribution in [0.15, 0.2) is 6.07 Å². The van der Waals surface area contributed by atoms with Crippen LogP contribution in [0.5, 0.6) is 0 Å². The normalized spacial score (nSPS) is 12.6. The highest BCUT2D eigenvalue weighted by Gasteiger charge is 2.17. The quantitative estimate of drug-likeness (QED) is 0.827. The third-order valence-corrected chi connectivity index (χ3v) is 4.00. The molecule has 0 amide bonds. The molecular formula is C15H19ClN4. The Balaban J connectivity index is 2.48. The lowest BCUT2D eigenvalue weighted by Gasteiger charge is -2.09. The summed E-state index contributed by atoms with van der Waals surface area (Å²) in [5.74, 6) is 1.23. The summed E-state index contributed by atoms with van der Waals surface area (Å²) in [6.07, 6.45) is 4.47. The highest BCUT2D eigenvalue weighted by Crippen LogP contribution is 2.26. The Bertz CT molecular complexity index is 654. The van der Waals surface area contributed by atoms with Gasteiger partial charge in [-0.2, -0.15) is 10.4 Å². The van der Waals surface area contributed by atoms with Crippen LogP contribution >= 0.6 is 11.6 Å². The van der Waals surface area contributed by atoms with Gasteiger partial charge in [-0.3, -0.25) is 0 Å². The predicted octanol–water partition coefficient (Wildman–Crippen LogP) is 4.25. The van der Waals surface area contributed by atoms with Crippen LogP contribution in [0, 0.1) is 18.3 Å². The van der Waals surface area contributed by atoms with Crippen LogP contribution in [-0.4, -0.2) is 14.6 Å². The van der Waals surface area contributed by atoms with Crippen LogP contribution in [0.2, 0.25) is 5.02 Å². The summed E-state index contributed by atoms with van der Waals surface area (Å²) in [5.41, 5.74) is 1.94. The van der Waals surface area contributed by atoms with Crippen LogP contribution in [0.4, 0.5) is 0 Å². The summed E-state index contributed by atoms with van der Waals surface area (Å²) in [7, 11) is 0. The third kappa shape index (κ3) is 2.64. The molecule has 1 unspecified atom stereocenters. The first-order valence-electron chi connectivity index (χ1n) is 7.08. The van der Waals surface area contributed by atoms with Crippen molar-refractivity contribution >= 4 is 17.2 Å². The van der Waals surface area contributed by atoms with Gasteiger partial charge in [0.2, 0.25) is 0 Å². The molecule has 0 aliphatic carbocycles. The summed E-state index contributed by atoms with van der Waals surface area (Å²) in [6, 6.07) is 3.84. The highest BCUT2D eigenvalue weighted by atomic mass is 35.5. The van der Waals surface area contributed by atoms with Gasteiger partial charge in [0.05, 0.1) is 16.3 Å². The van der Waals surface area contributed by atoms with Crippen molar-refractivity contribution in [2.75, 3.05) is 0 Å². The molecule has 0 N–H and O–H groups in total. The maximum atomic E-state index is 9.14. The number of nitrogens with zero attached hydrogens (tertiary/aromatic N) is 4. The lowest BCUT2D eigenvalue weighted by atomic mass is 9.99. The number of halogens is 1. The van der Waals surface area contributed by atoms with E-state index in [9.17, 15) is 0 Å². The van der Waals surface area contributed by atoms with Gasteiger partial charge in [0.1, 0.15) is 6.07 Å². The molecule has 4 nitrogen and oxygen atoms in total. The molecule has 2 rings (SSSR count). The lowest BCUT2D eigenvalue weighted by molar-refractivity contribution is 0.542. The number of hydrogen-bond acceptors (Lipinski definition) is 3. The van der Waals surface area contributed by atoms with Crippen molar-refractivity contribution < 1.29 is 0 Å². The van der Waals surface area contributed by atoms with Gasteiger partial charge < -0.3 is 0 Å². The lowest BCUT2D eigenvalue weighted by Crippen LogP contribution is -2.02. The molecule has 0 bridgehead atoms. The van der Waals surface area contributed by atoms with E-state index in [1.807, 2.05) is 6.92 Å². The van der Waals surface area contributed by atoms with E-state index in [0.717, 1.165) is 30.0 Å². The van der Waals surface area contributed by atoms with E-state index in [0.29, 0.717) is 16.5 Å². The fourth-order valence-electron chi connectivity index (χ4n) is 2.42. The average molecular weight is 291 g/mol. The van der Waals surface area contributed by atoms with Crippen molar-refractivity contribution in [1.29, 1.82) is 5.26 Å². The second kappa shape index (κ2) is 6.23. The van der Waals surface area contributed by atoms with Crippen molar-refractivity contribution in [3.05, 3.63) is 28.2 Å². The van der Waals surface area contributed by atoms with Crippen LogP contribution < -0.4 is 0 Å². The minimum absolute atomic E-state index is 0.374. The number of unbranched alkanes of at least 4 members (excludes halogenated alkanes) is 1. The summed E-state index contributed by atoms with van der Waals surface area (Å²) in [6.45, 7) is 6.20. The van der Waals surface area contributed by atoms with Gasteiger partial charge in [0.15, 0.2) is 11.5 Å². The Morgan fingerprint density at radius 1 is 1.45 bits per heavy atom. The molecule has 0 saturated heterocycles. The molecule has 5 heteroatoms. The zero-order valence-electron chi connectivity index (χ0n) is 12.1. The Kier molecular flexibility index (Phi) is 4.61. The molecule has 0 aromatic carbocycles. The summed E-state index contributed by atoms with van der Waals surface area (Å²) in [4.78, 5) is 4.59. The number of hydrogen-bond donors (Lipinski definition) is 0. The largest absolute Gasteiger partial charge is 0.217 e. The first-order valence-corrected chi connectivity index (χ1v) is 7.46. The third-order valence-electron chi connectivity index (χ3n) is 3.70. The van der Waals surface area contributed by atoms with Crippen molar-refractivity contribution in [2.24, 2.45) is 0 Å². The second-order valence-corrected chi connectivity index (χ2v) is 5.46. The molecule has 0 aliphatic rings. The monoisotopic (exact) mass is 290 g/mol. The SMILES string of the molecule is CCCCC(CC)c1nc2cc(Cl)c(C#N)c(C)n2n1. The zero-order chi connectivity index (χ0) is 14.7. The predicted molar refractivity (Wildman–Crippen MR) is 80.0 cm³/mol. The Morgan fingerprint density at radius 2 is 2.20 bits per heavy atom. The average Bonchev–Trinajstić information content (AvgIpc) is 2.84. The van der Waals surface area contributed by atoms with Gasteiger partial charge in [0, 0.05) is 12.0 Å². The first kappa shape index (κ1) is 14.8. The number of rotatable bonds is 5. The van der Waals surface area contributed by atoms with Crippen molar-refractivity contribution in [2.45, 2.75) is 52.4 Å². The number of pyridine rings is 1. The molecule has 2 heterocycles. The van der Waals surface area contributed by atoms with E-state index in [-0.39, 0.29) is 0 Å². The van der Waals surface area contributed by atoms with Crippen LogP contribution in [0.1, 0.15) is 62.5 Å². The number of fused-ring (bicyclic) bond motifs is 1. The molecule has 0 fully saturated rings. The van der Waals surface area contributed by atoms with E-state index >= 15 is 0 Å². The van der Waals surface area contributed by atoms with Crippen LogP contribution in [0.25, 0.3) is 5.65 Å². The topological polar surface area (TPSA) is 54.0 Å². The molecule has 2 aromatic heterocycles. The van der Waals surface area contributed by atoms with Gasteiger partial charge in [0.25, 0.3) is 0 Å². The van der Waals surface area contributed by atoms with E-state index in [1.165, 1.54) is 12.8 Å². The molecule has 0 spiro atoms. The Morgan fingerprint density at radius 3 is 2.80 bits per heavy atom. The minimum Gasteiger partial charge on any atom is -0.217 e. The second-order valence-electron chi connectivity index (χ2n) is 5.05. The first-order chi connectivity index (χ1) is 9.62. The molecule has 1 atom stereocenters. The van der Waals surface area contributed by atoms with Crippen molar-refractivity contribution in [1.82, 2.24) is 14.6 Å². The molecule has 0 saturated carbocycles. The molecule has 106 valence electrons. The summed E-state index contributed by atoms with van der Waals surface area (Å²) >= 11 is 6.11. The molecule has 20 heavy (non-hydrogen) atoms. The highest BCUT2D eigenvalue weighted by molar-refractivity contribution is 6.32. The summed E-state index contributed by atoms with van der Waals surface area (Å²) < 4.78 is 1.73. The van der Waals surface area contributed by atoms with Crippen LogP contribution in [0.3, 0.4) is 0 Å². The van der Waals surface area contributed by atoms with Gasteiger partial charge >= 0.3 is 0 Å². The summed E-state index contributed by atoms with van der Waals surface area (Å²) in [5, 5.41) is 14.2. The van der Waals surface area contributed by atoms with Gasteiger partial charge in [-0.15, -0.1) is 0 Å². The number of aromatic nitrogens is 3. The molecule has 0 radical (unpaired) electrons. The number of nitriles is 1. The zero-order valence-corrected chi connectivity index (χ0v) is 12.9. The van der Waals surface area contributed by atoms with E-state index < -0.39 is 0 Å². The maximum absolute atomic E-state index is 9.14. The Hall–Kier alpha value is -1.60. The minimum atomic E-state index is 0.374. The van der Waals surface area contributed by atoms with Crippen molar-refractivity contribution in [3.8, 4) is 6.07 Å². The van der Waals surface area contributed by atoms with Gasteiger partial charge in [-0.05, 0) is 19.8 Å². The van der Waals surface area contributed by atoms with E-state index in [2.05, 4.69) is 30.0 Å². The molecular weight excluding hydrogens is 272 g/mol. The van der Waals surface area contributed by atoms with Gasteiger partial charge in [-0.25, -0.2) is 9.50 Å². The van der Waals surface area contributed by atoms with E-state index in [1.54, 1.807) is 10.6 Å². The number of aryl methyl sites for hydroxylation is 1. The van der Waals surface area contributed by atoms with E-state index in [4.69, 9.17) is 16.9 Å². The van der Waals surface area contributed by atoms with Crippen LogP contribution in [-0.2, 0) is 0 Å². The van der Waals surface area contributed by atoms with Gasteiger partial charge in [-0.1, -0.05) is 38.3 Å². The fourth-order valence-corrected chi connectivity index (χ4v) is 2.70.